The van der Waals surface area contributed by atoms with Crippen molar-refractivity contribution in [2.75, 3.05) is 6.61 Å². The molecule has 1 N–H and O–H groups in total. The number of benzene rings is 2. The van der Waals surface area contributed by atoms with E-state index in [-0.39, 0.29) is 10.8 Å². The first-order valence-corrected chi connectivity index (χ1v) is 6.69. The molecule has 0 aliphatic heterocycles. The average molecular weight is 311 g/mol. The van der Waals surface area contributed by atoms with Gasteiger partial charge in [-0.05, 0) is 23.6 Å². The molecular weight excluding hydrogens is 299 g/mol. The van der Waals surface area contributed by atoms with Crippen LogP contribution >= 0.6 is 23.2 Å². The van der Waals surface area contributed by atoms with Crippen molar-refractivity contribution in [3.8, 4) is 5.75 Å². The lowest BCUT2D eigenvalue weighted by Gasteiger charge is -2.11. The van der Waals surface area contributed by atoms with Crippen molar-refractivity contribution in [1.29, 1.82) is 0 Å². The van der Waals surface area contributed by atoms with E-state index in [4.69, 9.17) is 33.0 Å². The van der Waals surface area contributed by atoms with Gasteiger partial charge in [-0.15, -0.1) is 0 Å². The predicted molar refractivity (Wildman–Crippen MR) is 78.8 cm³/mol. The third-order valence-electron chi connectivity index (χ3n) is 2.72. The second-order valence-electron chi connectivity index (χ2n) is 4.20. The van der Waals surface area contributed by atoms with Crippen LogP contribution in [0.25, 0.3) is 0 Å². The van der Waals surface area contributed by atoms with Crippen molar-refractivity contribution in [2.24, 2.45) is 0 Å². The van der Waals surface area contributed by atoms with Crippen LogP contribution in [0.5, 0.6) is 5.75 Å². The highest BCUT2D eigenvalue weighted by Gasteiger charge is 2.12. The van der Waals surface area contributed by atoms with Crippen LogP contribution in [0.15, 0.2) is 42.5 Å². The fourth-order valence-electron chi connectivity index (χ4n) is 1.78. The van der Waals surface area contributed by atoms with Gasteiger partial charge in [-0.1, -0.05) is 59.6 Å². The molecule has 5 heteroatoms. The fourth-order valence-corrected chi connectivity index (χ4v) is 2.24. The highest BCUT2D eigenvalue weighted by atomic mass is 35.5. The van der Waals surface area contributed by atoms with E-state index in [0.717, 1.165) is 11.1 Å². The van der Waals surface area contributed by atoms with Gasteiger partial charge >= 0.3 is 5.97 Å². The van der Waals surface area contributed by atoms with Crippen LogP contribution in [0.4, 0.5) is 0 Å². The zero-order valence-corrected chi connectivity index (χ0v) is 12.0. The van der Waals surface area contributed by atoms with E-state index in [9.17, 15) is 4.79 Å². The summed E-state index contributed by atoms with van der Waals surface area (Å²) >= 11 is 12.3. The Balaban J connectivity index is 2.20. The maximum atomic E-state index is 10.5. The molecule has 0 heterocycles. The Morgan fingerprint density at radius 3 is 2.40 bits per heavy atom. The van der Waals surface area contributed by atoms with E-state index in [2.05, 4.69) is 0 Å². The molecule has 0 aliphatic rings. The summed E-state index contributed by atoms with van der Waals surface area (Å²) < 4.78 is 5.07. The van der Waals surface area contributed by atoms with Gasteiger partial charge in [0.15, 0.2) is 6.61 Å². The summed E-state index contributed by atoms with van der Waals surface area (Å²) in [5.41, 5.74) is 1.98. The van der Waals surface area contributed by atoms with Gasteiger partial charge in [0, 0.05) is 0 Å². The molecule has 3 nitrogen and oxygen atoms in total. The Morgan fingerprint density at radius 1 is 1.05 bits per heavy atom. The molecule has 0 aromatic heterocycles. The van der Waals surface area contributed by atoms with Crippen LogP contribution in [0.1, 0.15) is 11.1 Å². The Labute approximate surface area is 126 Å². The van der Waals surface area contributed by atoms with E-state index in [0.29, 0.717) is 11.4 Å². The van der Waals surface area contributed by atoms with E-state index < -0.39 is 12.6 Å². The summed E-state index contributed by atoms with van der Waals surface area (Å²) in [6, 6.07) is 13.3. The Hall–Kier alpha value is -1.71. The highest BCUT2D eigenvalue weighted by Crippen LogP contribution is 2.35. The maximum Gasteiger partial charge on any atom is 0.341 e. The smallest absolute Gasteiger partial charge is 0.341 e. The van der Waals surface area contributed by atoms with Gasteiger partial charge in [0.25, 0.3) is 0 Å². The number of aliphatic carboxylic acids is 1. The molecule has 0 amide bonds. The van der Waals surface area contributed by atoms with Gasteiger partial charge in [0.2, 0.25) is 0 Å². The molecule has 0 atom stereocenters. The van der Waals surface area contributed by atoms with Crippen molar-refractivity contribution >= 4 is 29.2 Å². The van der Waals surface area contributed by atoms with Crippen LogP contribution in [0.2, 0.25) is 10.0 Å². The van der Waals surface area contributed by atoms with Gasteiger partial charge in [-0.25, -0.2) is 4.79 Å². The Kier molecular flexibility index (Phi) is 4.88. The Bertz CT molecular complexity index is 612. The molecule has 2 rings (SSSR count). The molecule has 0 saturated carbocycles. The number of hydrogen-bond acceptors (Lipinski definition) is 2. The molecular formula is C15H12Cl2O3. The minimum atomic E-state index is -1.06. The van der Waals surface area contributed by atoms with E-state index >= 15 is 0 Å². The zero-order valence-electron chi connectivity index (χ0n) is 10.5. The van der Waals surface area contributed by atoms with E-state index in [1.165, 1.54) is 0 Å². The van der Waals surface area contributed by atoms with E-state index in [1.54, 1.807) is 12.1 Å². The summed E-state index contributed by atoms with van der Waals surface area (Å²) in [5, 5.41) is 9.21. The minimum Gasteiger partial charge on any atom is -0.480 e. The van der Waals surface area contributed by atoms with Crippen LogP contribution in [0, 0.1) is 0 Å². The quantitative estimate of drug-likeness (QED) is 0.906. The number of carboxylic acid groups (broad SMARTS) is 1. The van der Waals surface area contributed by atoms with E-state index in [1.807, 2.05) is 30.3 Å². The van der Waals surface area contributed by atoms with Gasteiger partial charge in [0.1, 0.15) is 10.8 Å². The Morgan fingerprint density at radius 2 is 1.75 bits per heavy atom. The molecule has 0 aliphatic carbocycles. The molecule has 0 spiro atoms. The summed E-state index contributed by atoms with van der Waals surface area (Å²) in [4.78, 5) is 10.5. The SMILES string of the molecule is O=C(O)COc1ccc(Cc2ccccc2)c(Cl)c1Cl. The number of ether oxygens (including phenoxy) is 1. The lowest BCUT2D eigenvalue weighted by Crippen LogP contribution is -2.09. The molecule has 0 fully saturated rings. The fraction of sp³-hybridized carbons (Fsp3) is 0.133. The topological polar surface area (TPSA) is 46.5 Å². The zero-order chi connectivity index (χ0) is 14.5. The summed E-state index contributed by atoms with van der Waals surface area (Å²) in [7, 11) is 0. The third kappa shape index (κ3) is 3.65. The van der Waals surface area contributed by atoms with Crippen molar-refractivity contribution in [2.45, 2.75) is 6.42 Å². The molecule has 0 radical (unpaired) electrons. The molecule has 104 valence electrons. The molecule has 0 unspecified atom stereocenters. The summed E-state index contributed by atoms with van der Waals surface area (Å²) in [6.07, 6.45) is 0.651. The van der Waals surface area contributed by atoms with Crippen LogP contribution in [0.3, 0.4) is 0 Å². The first kappa shape index (κ1) is 14.7. The maximum absolute atomic E-state index is 10.5. The van der Waals surface area contributed by atoms with Crippen molar-refractivity contribution in [3.63, 3.8) is 0 Å². The van der Waals surface area contributed by atoms with Crippen molar-refractivity contribution in [3.05, 3.63) is 63.6 Å². The normalized spacial score (nSPS) is 10.3. The van der Waals surface area contributed by atoms with Crippen LogP contribution in [-0.2, 0) is 11.2 Å². The minimum absolute atomic E-state index is 0.237. The second-order valence-corrected chi connectivity index (χ2v) is 4.95. The average Bonchev–Trinajstić information content (AvgIpc) is 2.44. The standard InChI is InChI=1S/C15H12Cl2O3/c16-14-11(8-10-4-2-1-3-5-10)6-7-12(15(14)17)20-9-13(18)19/h1-7H,8-9H2,(H,18,19). The number of rotatable bonds is 5. The monoisotopic (exact) mass is 310 g/mol. The number of halogens is 2. The van der Waals surface area contributed by atoms with Crippen molar-refractivity contribution < 1.29 is 14.6 Å². The second kappa shape index (κ2) is 6.64. The predicted octanol–water partition coefficient (Wildman–Crippen LogP) is 4.05. The van der Waals surface area contributed by atoms with Gasteiger partial charge < -0.3 is 9.84 Å². The molecule has 20 heavy (non-hydrogen) atoms. The molecule has 0 bridgehead atoms. The van der Waals surface area contributed by atoms with Gasteiger partial charge in [-0.3, -0.25) is 0 Å². The lowest BCUT2D eigenvalue weighted by molar-refractivity contribution is -0.139. The number of carboxylic acids is 1. The first-order chi connectivity index (χ1) is 9.58. The van der Waals surface area contributed by atoms with Crippen LogP contribution < -0.4 is 4.74 Å². The lowest BCUT2D eigenvalue weighted by atomic mass is 10.0. The highest BCUT2D eigenvalue weighted by molar-refractivity contribution is 6.43. The summed E-state index contributed by atoms with van der Waals surface area (Å²) in [6.45, 7) is -0.450. The number of carbonyl (C=O) groups is 1. The van der Waals surface area contributed by atoms with Gasteiger partial charge in [0.05, 0.1) is 5.02 Å². The molecule has 2 aromatic carbocycles. The van der Waals surface area contributed by atoms with Gasteiger partial charge in [-0.2, -0.15) is 0 Å². The summed E-state index contributed by atoms with van der Waals surface area (Å²) in [5.74, 6) is -0.790. The van der Waals surface area contributed by atoms with Crippen molar-refractivity contribution in [1.82, 2.24) is 0 Å². The number of hydrogen-bond donors (Lipinski definition) is 1. The first-order valence-electron chi connectivity index (χ1n) is 5.93. The largest absolute Gasteiger partial charge is 0.480 e. The molecule has 0 saturated heterocycles. The van der Waals surface area contributed by atoms with Crippen LogP contribution in [-0.4, -0.2) is 17.7 Å². The third-order valence-corrected chi connectivity index (χ3v) is 3.62. The molecule has 2 aromatic rings.